The van der Waals surface area contributed by atoms with Gasteiger partial charge < -0.3 is 19.4 Å². The lowest BCUT2D eigenvalue weighted by atomic mass is 10.1. The minimum absolute atomic E-state index is 0.0470. The van der Waals surface area contributed by atoms with Crippen LogP contribution in [0, 0.1) is 6.92 Å². The highest BCUT2D eigenvalue weighted by Gasteiger charge is 2.14. The maximum absolute atomic E-state index is 12.4. The minimum atomic E-state index is -0.0470. The van der Waals surface area contributed by atoms with Crippen LogP contribution in [0.1, 0.15) is 17.0 Å². The SMILES string of the molecule is C=CCn1c(CSc2ccc(C)cc2)nnc1SCC(=O)NCCc1ccc(OC)c(OC)c1. The summed E-state index contributed by atoms with van der Waals surface area (Å²) in [6.07, 6.45) is 2.51. The zero-order chi connectivity index (χ0) is 24.3. The Balaban J connectivity index is 1.49. The third-order valence-electron chi connectivity index (χ3n) is 5.01. The monoisotopic (exact) mass is 498 g/mol. The summed E-state index contributed by atoms with van der Waals surface area (Å²) in [6.45, 7) is 7.05. The van der Waals surface area contributed by atoms with E-state index in [-0.39, 0.29) is 11.7 Å². The number of thioether (sulfide) groups is 2. The van der Waals surface area contributed by atoms with Crippen LogP contribution in [0.3, 0.4) is 0 Å². The summed E-state index contributed by atoms with van der Waals surface area (Å²) >= 11 is 3.09. The average molecular weight is 499 g/mol. The molecule has 0 aliphatic carbocycles. The number of carbonyl (C=O) groups excluding carboxylic acids is 1. The molecule has 0 saturated carbocycles. The lowest BCUT2D eigenvalue weighted by molar-refractivity contribution is -0.118. The van der Waals surface area contributed by atoms with Crippen LogP contribution in [0.2, 0.25) is 0 Å². The van der Waals surface area contributed by atoms with Gasteiger partial charge >= 0.3 is 0 Å². The van der Waals surface area contributed by atoms with Crippen LogP contribution in [0.25, 0.3) is 0 Å². The number of nitrogens with zero attached hydrogens (tertiary/aromatic N) is 3. The van der Waals surface area contributed by atoms with E-state index in [0.29, 0.717) is 36.8 Å². The summed E-state index contributed by atoms with van der Waals surface area (Å²) < 4.78 is 12.6. The fourth-order valence-corrected chi connectivity index (χ4v) is 4.83. The van der Waals surface area contributed by atoms with Gasteiger partial charge in [0.15, 0.2) is 16.7 Å². The van der Waals surface area contributed by atoms with Crippen LogP contribution in [0.4, 0.5) is 0 Å². The van der Waals surface area contributed by atoms with E-state index in [0.717, 1.165) is 16.5 Å². The summed E-state index contributed by atoms with van der Waals surface area (Å²) in [4.78, 5) is 13.6. The third-order valence-corrected chi connectivity index (χ3v) is 6.98. The second-order valence-electron chi connectivity index (χ2n) is 7.48. The van der Waals surface area contributed by atoms with E-state index < -0.39 is 0 Å². The molecule has 3 rings (SSSR count). The average Bonchev–Trinajstić information content (AvgIpc) is 3.23. The van der Waals surface area contributed by atoms with Gasteiger partial charge in [0.1, 0.15) is 5.82 Å². The molecule has 0 spiro atoms. The van der Waals surface area contributed by atoms with Crippen LogP contribution in [-0.4, -0.2) is 47.2 Å². The molecule has 0 radical (unpaired) electrons. The van der Waals surface area contributed by atoms with Crippen molar-refractivity contribution in [3.05, 3.63) is 72.1 Å². The molecule has 9 heteroatoms. The van der Waals surface area contributed by atoms with Crippen LogP contribution < -0.4 is 14.8 Å². The highest BCUT2D eigenvalue weighted by molar-refractivity contribution is 7.99. The van der Waals surface area contributed by atoms with Gasteiger partial charge in [0, 0.05) is 18.0 Å². The molecule has 1 N–H and O–H groups in total. The van der Waals surface area contributed by atoms with E-state index in [1.165, 1.54) is 22.2 Å². The standard InChI is InChI=1S/C25H30N4O3S2/c1-5-14-29-23(16-33-20-9-6-18(2)7-10-20)27-28-25(29)34-17-24(30)26-13-12-19-8-11-21(31-3)22(15-19)32-4/h5-11,15H,1,12-14,16-17H2,2-4H3,(H,26,30). The third kappa shape index (κ3) is 7.30. The van der Waals surface area contributed by atoms with Gasteiger partial charge in [-0.1, -0.05) is 41.6 Å². The van der Waals surface area contributed by atoms with Crippen molar-refractivity contribution >= 4 is 29.4 Å². The molecule has 0 bridgehead atoms. The van der Waals surface area contributed by atoms with Crippen LogP contribution in [-0.2, 0) is 23.5 Å². The summed E-state index contributed by atoms with van der Waals surface area (Å²) in [7, 11) is 3.22. The molecule has 1 aromatic heterocycles. The van der Waals surface area contributed by atoms with Crippen LogP contribution in [0.15, 0.2) is 65.2 Å². The van der Waals surface area contributed by atoms with Crippen molar-refractivity contribution in [3.63, 3.8) is 0 Å². The Morgan fingerprint density at radius 3 is 2.56 bits per heavy atom. The number of amides is 1. The lowest BCUT2D eigenvalue weighted by Gasteiger charge is -2.10. The number of allylic oxidation sites excluding steroid dienone is 1. The zero-order valence-corrected chi connectivity index (χ0v) is 21.4. The van der Waals surface area contributed by atoms with Gasteiger partial charge in [-0.15, -0.1) is 28.5 Å². The molecule has 180 valence electrons. The highest BCUT2D eigenvalue weighted by Crippen LogP contribution is 2.28. The Labute approximate surface area is 209 Å². The normalized spacial score (nSPS) is 10.7. The van der Waals surface area contributed by atoms with Gasteiger partial charge in [0.25, 0.3) is 0 Å². The topological polar surface area (TPSA) is 78.3 Å². The Morgan fingerprint density at radius 2 is 1.85 bits per heavy atom. The molecule has 3 aromatic rings. The van der Waals surface area contributed by atoms with Crippen molar-refractivity contribution in [1.29, 1.82) is 0 Å². The van der Waals surface area contributed by atoms with E-state index >= 15 is 0 Å². The van der Waals surface area contributed by atoms with Gasteiger partial charge in [-0.25, -0.2) is 0 Å². The maximum Gasteiger partial charge on any atom is 0.230 e. The molecule has 1 amide bonds. The number of nitrogens with one attached hydrogen (secondary N) is 1. The molecule has 0 saturated heterocycles. The van der Waals surface area contributed by atoms with Crippen molar-refractivity contribution in [3.8, 4) is 11.5 Å². The fourth-order valence-electron chi connectivity index (χ4n) is 3.19. The fraction of sp³-hybridized carbons (Fsp3) is 0.320. The molecule has 34 heavy (non-hydrogen) atoms. The van der Waals surface area contributed by atoms with E-state index in [9.17, 15) is 4.79 Å². The summed E-state index contributed by atoms with van der Waals surface area (Å²) in [5.41, 5.74) is 2.30. The quantitative estimate of drug-likeness (QED) is 0.274. The number of hydrogen-bond acceptors (Lipinski definition) is 7. The second-order valence-corrected chi connectivity index (χ2v) is 9.47. The van der Waals surface area contributed by atoms with E-state index in [1.54, 1.807) is 26.0 Å². The maximum atomic E-state index is 12.4. The number of aromatic nitrogens is 3. The number of rotatable bonds is 13. The first-order chi connectivity index (χ1) is 16.5. The lowest BCUT2D eigenvalue weighted by Crippen LogP contribution is -2.27. The Bertz CT molecular complexity index is 1100. The van der Waals surface area contributed by atoms with Crippen molar-refractivity contribution in [2.75, 3.05) is 26.5 Å². The van der Waals surface area contributed by atoms with Crippen LogP contribution in [0.5, 0.6) is 11.5 Å². The summed E-state index contributed by atoms with van der Waals surface area (Å²) in [5, 5.41) is 12.3. The Hall–Kier alpha value is -2.91. The predicted octanol–water partition coefficient (Wildman–Crippen LogP) is 4.53. The number of methoxy groups -OCH3 is 2. The minimum Gasteiger partial charge on any atom is -0.493 e. The van der Waals surface area contributed by atoms with E-state index in [4.69, 9.17) is 9.47 Å². The molecule has 0 aliphatic heterocycles. The molecule has 0 atom stereocenters. The highest BCUT2D eigenvalue weighted by atomic mass is 32.2. The van der Waals surface area contributed by atoms with E-state index in [1.807, 2.05) is 28.8 Å². The van der Waals surface area contributed by atoms with Gasteiger partial charge in [-0.3, -0.25) is 4.79 Å². The molecule has 1 heterocycles. The van der Waals surface area contributed by atoms with Crippen molar-refractivity contribution < 1.29 is 14.3 Å². The molecular formula is C25H30N4O3S2. The Morgan fingerprint density at radius 1 is 1.09 bits per heavy atom. The number of aryl methyl sites for hydroxylation is 1. The first kappa shape index (κ1) is 25.7. The smallest absolute Gasteiger partial charge is 0.230 e. The van der Waals surface area contributed by atoms with Crippen molar-refractivity contribution in [1.82, 2.24) is 20.1 Å². The van der Waals surface area contributed by atoms with Crippen molar-refractivity contribution in [2.24, 2.45) is 0 Å². The largest absolute Gasteiger partial charge is 0.493 e. The van der Waals surface area contributed by atoms with Crippen LogP contribution >= 0.6 is 23.5 Å². The summed E-state index contributed by atoms with van der Waals surface area (Å²) in [5.74, 6) is 3.15. The number of hydrogen-bond donors (Lipinski definition) is 1. The number of benzene rings is 2. The zero-order valence-electron chi connectivity index (χ0n) is 19.7. The molecule has 0 fully saturated rings. The number of ether oxygens (including phenoxy) is 2. The molecule has 0 unspecified atom stereocenters. The summed E-state index contributed by atoms with van der Waals surface area (Å²) in [6, 6.07) is 14.2. The number of carbonyl (C=O) groups is 1. The van der Waals surface area contributed by atoms with E-state index in [2.05, 4.69) is 53.3 Å². The first-order valence-electron chi connectivity index (χ1n) is 10.9. The molecule has 2 aromatic carbocycles. The predicted molar refractivity (Wildman–Crippen MR) is 138 cm³/mol. The van der Waals surface area contributed by atoms with Gasteiger partial charge in [-0.05, 0) is 43.2 Å². The molecule has 0 aliphatic rings. The second kappa shape index (κ2) is 13.1. The first-order valence-corrected chi connectivity index (χ1v) is 12.8. The molecule has 7 nitrogen and oxygen atoms in total. The van der Waals surface area contributed by atoms with Gasteiger partial charge in [0.05, 0.1) is 25.7 Å². The Kier molecular flexibility index (Phi) is 9.90. The van der Waals surface area contributed by atoms with Gasteiger partial charge in [-0.2, -0.15) is 0 Å². The van der Waals surface area contributed by atoms with Gasteiger partial charge in [0.2, 0.25) is 5.91 Å². The van der Waals surface area contributed by atoms with Crippen molar-refractivity contribution in [2.45, 2.75) is 35.7 Å². The molecular weight excluding hydrogens is 468 g/mol.